The summed E-state index contributed by atoms with van der Waals surface area (Å²) in [6.07, 6.45) is 0.0154. The van der Waals surface area contributed by atoms with Crippen LogP contribution in [-0.4, -0.2) is 53.0 Å². The summed E-state index contributed by atoms with van der Waals surface area (Å²) in [4.78, 5) is 9.96. The zero-order valence-electron chi connectivity index (χ0n) is 11.9. The minimum atomic E-state index is -4.11. The van der Waals surface area contributed by atoms with E-state index in [1.54, 1.807) is 24.2 Å². The first-order chi connectivity index (χ1) is 9.96. The fraction of sp³-hybridized carbons (Fsp3) is 0.692. The lowest BCUT2D eigenvalue weighted by molar-refractivity contribution is -0.143. The number of thioether (sulfide) groups is 1. The highest BCUT2D eigenvalue weighted by atomic mass is 32.2. The minimum Gasteiger partial charge on any atom is -0.368 e. The summed E-state index contributed by atoms with van der Waals surface area (Å²) >= 11 is 1.61. The van der Waals surface area contributed by atoms with Crippen molar-refractivity contribution in [2.45, 2.75) is 24.5 Å². The molecule has 2 heterocycles. The molecule has 1 aromatic rings. The van der Waals surface area contributed by atoms with Crippen LogP contribution in [0.4, 0.5) is 19.0 Å². The van der Waals surface area contributed by atoms with E-state index in [1.165, 1.54) is 4.90 Å². The Kier molecular flexibility index (Phi) is 5.69. The van der Waals surface area contributed by atoms with Crippen LogP contribution in [0.5, 0.6) is 0 Å². The Balaban J connectivity index is 1.78. The molecule has 0 radical (unpaired) electrons. The first-order valence-corrected chi connectivity index (χ1v) is 7.92. The van der Waals surface area contributed by atoms with Gasteiger partial charge >= 0.3 is 6.18 Å². The van der Waals surface area contributed by atoms with E-state index in [1.807, 2.05) is 6.92 Å². The molecule has 1 saturated heterocycles. The zero-order chi connectivity index (χ0) is 15.3. The van der Waals surface area contributed by atoms with Crippen molar-refractivity contribution in [3.05, 3.63) is 12.4 Å². The quantitative estimate of drug-likeness (QED) is 0.816. The summed E-state index contributed by atoms with van der Waals surface area (Å²) in [7, 11) is 0. The molecule has 8 heteroatoms. The van der Waals surface area contributed by atoms with Crippen molar-refractivity contribution in [1.82, 2.24) is 14.9 Å². The van der Waals surface area contributed by atoms with E-state index in [4.69, 9.17) is 0 Å². The number of nitrogens with zero attached hydrogens (tertiary/aromatic N) is 3. The number of rotatable bonds is 6. The van der Waals surface area contributed by atoms with Gasteiger partial charge in [0.2, 0.25) is 0 Å². The number of likely N-dealkylation sites (tertiary alicyclic amines) is 1. The second kappa shape index (κ2) is 7.31. The van der Waals surface area contributed by atoms with Crippen molar-refractivity contribution in [2.75, 3.05) is 37.2 Å². The normalized spacial score (nSPS) is 19.9. The van der Waals surface area contributed by atoms with Crippen molar-refractivity contribution in [3.63, 3.8) is 0 Å². The van der Waals surface area contributed by atoms with E-state index < -0.39 is 12.7 Å². The van der Waals surface area contributed by atoms with Crippen LogP contribution >= 0.6 is 11.8 Å². The first kappa shape index (κ1) is 16.4. The molecule has 0 bridgehead atoms. The van der Waals surface area contributed by atoms with Crippen LogP contribution in [0.15, 0.2) is 17.4 Å². The largest absolute Gasteiger partial charge is 0.401 e. The highest BCUT2D eigenvalue weighted by molar-refractivity contribution is 7.99. The van der Waals surface area contributed by atoms with Gasteiger partial charge in [-0.05, 0) is 24.6 Å². The van der Waals surface area contributed by atoms with Gasteiger partial charge in [-0.25, -0.2) is 4.98 Å². The summed E-state index contributed by atoms with van der Waals surface area (Å²) in [6.45, 7) is 2.84. The van der Waals surface area contributed by atoms with Gasteiger partial charge in [0.15, 0.2) is 0 Å². The van der Waals surface area contributed by atoms with Crippen molar-refractivity contribution in [2.24, 2.45) is 5.92 Å². The maximum absolute atomic E-state index is 12.3. The maximum Gasteiger partial charge on any atom is 0.401 e. The molecule has 0 spiro atoms. The van der Waals surface area contributed by atoms with E-state index in [2.05, 4.69) is 15.3 Å². The van der Waals surface area contributed by atoms with Gasteiger partial charge < -0.3 is 5.32 Å². The maximum atomic E-state index is 12.3. The van der Waals surface area contributed by atoms with E-state index in [9.17, 15) is 13.2 Å². The highest BCUT2D eigenvalue weighted by Gasteiger charge is 2.34. The molecule has 1 aliphatic heterocycles. The first-order valence-electron chi connectivity index (χ1n) is 6.94. The summed E-state index contributed by atoms with van der Waals surface area (Å²) in [5.74, 6) is 1.83. The molecule has 118 valence electrons. The molecule has 1 atom stereocenters. The van der Waals surface area contributed by atoms with Crippen LogP contribution in [0, 0.1) is 5.92 Å². The molecule has 1 fully saturated rings. The lowest BCUT2D eigenvalue weighted by Gasteiger charge is -2.18. The predicted octanol–water partition coefficient (Wildman–Crippen LogP) is 2.88. The van der Waals surface area contributed by atoms with Crippen LogP contribution < -0.4 is 5.32 Å². The predicted molar refractivity (Wildman–Crippen MR) is 77.5 cm³/mol. The Bertz CT molecular complexity index is 455. The average molecular weight is 320 g/mol. The number of aromatic nitrogens is 2. The Morgan fingerprint density at radius 2 is 2.24 bits per heavy atom. The Labute approximate surface area is 126 Å². The third-order valence-electron chi connectivity index (χ3n) is 3.25. The third-order valence-corrected chi connectivity index (χ3v) is 4.03. The van der Waals surface area contributed by atoms with E-state index in [0.29, 0.717) is 25.5 Å². The molecule has 2 rings (SSSR count). The summed E-state index contributed by atoms with van der Waals surface area (Å²) in [5, 5.41) is 4.03. The molecule has 0 amide bonds. The molecule has 21 heavy (non-hydrogen) atoms. The topological polar surface area (TPSA) is 41.1 Å². The minimum absolute atomic E-state index is 0.219. The van der Waals surface area contributed by atoms with Crippen molar-refractivity contribution in [1.29, 1.82) is 0 Å². The summed E-state index contributed by atoms with van der Waals surface area (Å²) in [6, 6.07) is 0. The zero-order valence-corrected chi connectivity index (χ0v) is 12.7. The standard InChI is InChI=1S/C13H19F3N4S/c1-2-21-12-7-17-6-11(19-12)18-5-10-3-4-20(8-10)9-13(14,15)16/h6-7,10H,2-5,8-9H2,1H3,(H,18,19). The molecule has 1 unspecified atom stereocenters. The number of halogens is 3. The van der Waals surface area contributed by atoms with Gasteiger partial charge in [-0.3, -0.25) is 9.88 Å². The molecular formula is C13H19F3N4S. The third kappa shape index (κ3) is 5.70. The molecular weight excluding hydrogens is 301 g/mol. The van der Waals surface area contributed by atoms with Crippen LogP contribution in [0.2, 0.25) is 0 Å². The molecule has 1 aromatic heterocycles. The van der Waals surface area contributed by atoms with Gasteiger partial charge in [-0.2, -0.15) is 13.2 Å². The molecule has 0 aromatic carbocycles. The fourth-order valence-electron chi connectivity index (χ4n) is 2.38. The Hall–Kier alpha value is -1.02. The molecule has 1 N–H and O–H groups in total. The Morgan fingerprint density at radius 1 is 1.43 bits per heavy atom. The molecule has 0 aliphatic carbocycles. The van der Waals surface area contributed by atoms with Crippen LogP contribution in [0.1, 0.15) is 13.3 Å². The van der Waals surface area contributed by atoms with Crippen LogP contribution in [-0.2, 0) is 0 Å². The van der Waals surface area contributed by atoms with Crippen molar-refractivity contribution < 1.29 is 13.2 Å². The molecule has 1 aliphatic rings. The van der Waals surface area contributed by atoms with E-state index in [-0.39, 0.29) is 5.92 Å². The van der Waals surface area contributed by atoms with E-state index in [0.717, 1.165) is 17.2 Å². The number of nitrogens with one attached hydrogen (secondary N) is 1. The van der Waals surface area contributed by atoms with Gasteiger partial charge in [0.05, 0.1) is 18.9 Å². The van der Waals surface area contributed by atoms with E-state index >= 15 is 0 Å². The van der Waals surface area contributed by atoms with Crippen LogP contribution in [0.3, 0.4) is 0 Å². The monoisotopic (exact) mass is 320 g/mol. The van der Waals surface area contributed by atoms with Crippen molar-refractivity contribution >= 4 is 17.6 Å². The highest BCUT2D eigenvalue weighted by Crippen LogP contribution is 2.23. The second-order valence-electron chi connectivity index (χ2n) is 5.06. The fourth-order valence-corrected chi connectivity index (χ4v) is 2.97. The smallest absolute Gasteiger partial charge is 0.368 e. The molecule has 0 saturated carbocycles. The lowest BCUT2D eigenvalue weighted by atomic mass is 10.1. The average Bonchev–Trinajstić information content (AvgIpc) is 2.83. The Morgan fingerprint density at radius 3 is 2.95 bits per heavy atom. The SMILES string of the molecule is CCSc1cncc(NCC2CCN(CC(F)(F)F)C2)n1. The number of alkyl halides is 3. The van der Waals surface area contributed by atoms with Crippen LogP contribution in [0.25, 0.3) is 0 Å². The van der Waals surface area contributed by atoms with Gasteiger partial charge in [-0.15, -0.1) is 11.8 Å². The number of anilines is 1. The number of hydrogen-bond donors (Lipinski definition) is 1. The van der Waals surface area contributed by atoms with Gasteiger partial charge in [0.25, 0.3) is 0 Å². The summed E-state index contributed by atoms with van der Waals surface area (Å²) in [5.41, 5.74) is 0. The van der Waals surface area contributed by atoms with Gasteiger partial charge in [-0.1, -0.05) is 6.92 Å². The number of hydrogen-bond acceptors (Lipinski definition) is 5. The van der Waals surface area contributed by atoms with Crippen molar-refractivity contribution in [3.8, 4) is 0 Å². The van der Waals surface area contributed by atoms with Gasteiger partial charge in [0, 0.05) is 13.1 Å². The summed E-state index contributed by atoms with van der Waals surface area (Å²) < 4.78 is 37.0. The second-order valence-corrected chi connectivity index (χ2v) is 6.35. The van der Waals surface area contributed by atoms with Gasteiger partial charge in [0.1, 0.15) is 10.8 Å². The molecule has 4 nitrogen and oxygen atoms in total. The lowest BCUT2D eigenvalue weighted by Crippen LogP contribution is -2.33.